The molecule has 0 N–H and O–H groups in total. The predicted molar refractivity (Wildman–Crippen MR) is 168 cm³/mol. The highest BCUT2D eigenvalue weighted by molar-refractivity contribution is 5.78. The van der Waals surface area contributed by atoms with Crippen molar-refractivity contribution in [2.75, 3.05) is 6.61 Å². The first-order valence-electron chi connectivity index (χ1n) is 18.3. The average molecular weight is 545 g/mol. The highest BCUT2D eigenvalue weighted by Crippen LogP contribution is 2.61. The number of hydrogen-bond donors (Lipinski definition) is 0. The van der Waals surface area contributed by atoms with Crippen LogP contribution in [-0.4, -0.2) is 12.6 Å². The third-order valence-electron chi connectivity index (χ3n) is 11.7. The summed E-state index contributed by atoms with van der Waals surface area (Å²) in [4.78, 5) is 14.2. The number of carbonyl (C=O) groups is 1. The third kappa shape index (κ3) is 10.1. The van der Waals surface area contributed by atoms with Gasteiger partial charge in [-0.05, 0) is 68.6 Å². The van der Waals surface area contributed by atoms with Gasteiger partial charge in [0.15, 0.2) is 0 Å². The molecule has 0 amide bonds. The molecular weight excluding hydrogens is 476 g/mol. The maximum Gasteiger partial charge on any atom is 0.312 e. The maximum atomic E-state index is 14.2. The molecule has 3 saturated carbocycles. The molecule has 3 rings (SSSR count). The lowest BCUT2D eigenvalue weighted by molar-refractivity contribution is -0.175. The van der Waals surface area contributed by atoms with Gasteiger partial charge >= 0.3 is 5.97 Å². The largest absolute Gasteiger partial charge is 0.465 e. The van der Waals surface area contributed by atoms with Gasteiger partial charge in [-0.3, -0.25) is 4.79 Å². The van der Waals surface area contributed by atoms with Crippen molar-refractivity contribution in [2.45, 2.75) is 200 Å². The van der Waals surface area contributed by atoms with Crippen LogP contribution in [0.5, 0.6) is 0 Å². The van der Waals surface area contributed by atoms with Crippen molar-refractivity contribution < 1.29 is 9.53 Å². The highest BCUT2D eigenvalue weighted by atomic mass is 16.5. The minimum atomic E-state index is -0.188. The Balaban J connectivity index is 1.62. The third-order valence-corrected chi connectivity index (χ3v) is 11.7. The van der Waals surface area contributed by atoms with Crippen LogP contribution >= 0.6 is 0 Å². The highest BCUT2D eigenvalue weighted by Gasteiger charge is 2.57. The Morgan fingerprint density at radius 1 is 0.564 bits per heavy atom. The predicted octanol–water partition coefficient (Wildman–Crippen LogP) is 12.1. The van der Waals surface area contributed by atoms with Crippen LogP contribution in [0.4, 0.5) is 0 Å². The van der Waals surface area contributed by atoms with Crippen LogP contribution in [0.15, 0.2) is 0 Å². The van der Waals surface area contributed by atoms with Crippen molar-refractivity contribution in [3.05, 3.63) is 0 Å². The first kappa shape index (κ1) is 33.0. The second-order valence-corrected chi connectivity index (χ2v) is 14.3. The first-order chi connectivity index (χ1) is 19.2. The van der Waals surface area contributed by atoms with Crippen molar-refractivity contribution in [1.82, 2.24) is 0 Å². The second-order valence-electron chi connectivity index (χ2n) is 14.3. The summed E-state index contributed by atoms with van der Waals surface area (Å²) >= 11 is 0. The van der Waals surface area contributed by atoms with Gasteiger partial charge in [-0.2, -0.15) is 0 Å². The first-order valence-corrected chi connectivity index (χ1v) is 18.3. The molecule has 39 heavy (non-hydrogen) atoms. The van der Waals surface area contributed by atoms with Gasteiger partial charge in [0.2, 0.25) is 0 Å². The molecule has 0 spiro atoms. The molecule has 0 aromatic rings. The summed E-state index contributed by atoms with van der Waals surface area (Å²) < 4.78 is 6.26. The molecule has 2 nitrogen and oxygen atoms in total. The Hall–Kier alpha value is -0.530. The maximum absolute atomic E-state index is 14.2. The molecule has 228 valence electrons. The van der Waals surface area contributed by atoms with Crippen LogP contribution in [0.25, 0.3) is 0 Å². The number of rotatable bonds is 19. The van der Waals surface area contributed by atoms with Gasteiger partial charge in [0.1, 0.15) is 0 Å². The number of unbranched alkanes of at least 4 members (excludes halogenated alkanes) is 12. The molecule has 0 atom stereocenters. The zero-order valence-corrected chi connectivity index (χ0v) is 26.7. The number of esters is 1. The minimum absolute atomic E-state index is 0.188. The zero-order chi connectivity index (χ0) is 27.7. The van der Waals surface area contributed by atoms with E-state index in [-0.39, 0.29) is 16.8 Å². The van der Waals surface area contributed by atoms with E-state index in [1.807, 2.05) is 0 Å². The molecule has 3 fully saturated rings. The second kappa shape index (κ2) is 18.8. The van der Waals surface area contributed by atoms with Crippen LogP contribution in [0, 0.1) is 22.7 Å². The zero-order valence-electron chi connectivity index (χ0n) is 26.7. The number of hydrogen-bond acceptors (Lipinski definition) is 2. The quantitative estimate of drug-likeness (QED) is 0.119. The minimum Gasteiger partial charge on any atom is -0.465 e. The van der Waals surface area contributed by atoms with Crippen LogP contribution in [0.3, 0.4) is 0 Å². The summed E-state index contributed by atoms with van der Waals surface area (Å²) in [6.45, 7) is 5.24. The van der Waals surface area contributed by atoms with Gasteiger partial charge in [-0.25, -0.2) is 0 Å². The fourth-order valence-electron chi connectivity index (χ4n) is 9.13. The molecule has 0 aromatic carbocycles. The lowest BCUT2D eigenvalue weighted by atomic mass is 9.49. The lowest BCUT2D eigenvalue weighted by Crippen LogP contribution is -2.52. The molecule has 2 heteroatoms. The van der Waals surface area contributed by atoms with Crippen LogP contribution in [-0.2, 0) is 9.53 Å². The van der Waals surface area contributed by atoms with E-state index in [2.05, 4.69) is 13.8 Å². The van der Waals surface area contributed by atoms with E-state index in [1.165, 1.54) is 167 Å². The summed E-state index contributed by atoms with van der Waals surface area (Å²) in [5.41, 5.74) is 0.0190. The van der Waals surface area contributed by atoms with E-state index in [0.717, 1.165) is 31.1 Å². The van der Waals surface area contributed by atoms with Gasteiger partial charge in [0, 0.05) is 0 Å². The van der Waals surface area contributed by atoms with Gasteiger partial charge in [-0.1, -0.05) is 149 Å². The van der Waals surface area contributed by atoms with E-state index in [4.69, 9.17) is 4.74 Å². The Morgan fingerprint density at radius 2 is 1.05 bits per heavy atom. The average Bonchev–Trinajstić information content (AvgIpc) is 2.99. The fourth-order valence-corrected chi connectivity index (χ4v) is 9.13. The lowest BCUT2D eigenvalue weighted by Gasteiger charge is -2.55. The van der Waals surface area contributed by atoms with Gasteiger partial charge < -0.3 is 4.74 Å². The van der Waals surface area contributed by atoms with E-state index in [0.29, 0.717) is 6.61 Å². The summed E-state index contributed by atoms with van der Waals surface area (Å²) in [6, 6.07) is 0. The van der Waals surface area contributed by atoms with E-state index in [1.54, 1.807) is 0 Å². The summed E-state index contributed by atoms with van der Waals surface area (Å²) in [5, 5.41) is 0. The molecule has 0 unspecified atom stereocenters. The molecule has 0 radical (unpaired) electrons. The van der Waals surface area contributed by atoms with E-state index < -0.39 is 0 Å². The molecule has 0 heterocycles. The topological polar surface area (TPSA) is 26.3 Å². The molecule has 0 saturated heterocycles. The Labute approximate surface area is 244 Å². The Kier molecular flexibility index (Phi) is 15.9. The van der Waals surface area contributed by atoms with Crippen molar-refractivity contribution in [1.29, 1.82) is 0 Å². The van der Waals surface area contributed by atoms with Gasteiger partial charge in [-0.15, -0.1) is 0 Å². The molecule has 3 aliphatic rings. The molecule has 0 bridgehead atoms. The Morgan fingerprint density at radius 3 is 1.64 bits per heavy atom. The summed E-state index contributed by atoms with van der Waals surface area (Å²) in [5.74, 6) is 2.13. The van der Waals surface area contributed by atoms with Crippen molar-refractivity contribution in [3.63, 3.8) is 0 Å². The van der Waals surface area contributed by atoms with E-state index >= 15 is 0 Å². The molecule has 3 aliphatic carbocycles. The van der Waals surface area contributed by atoms with Crippen LogP contribution < -0.4 is 0 Å². The number of carbonyl (C=O) groups excluding carboxylic acids is 1. The van der Waals surface area contributed by atoms with Gasteiger partial charge in [0.25, 0.3) is 0 Å². The number of ether oxygens (including phenoxy) is 1. The smallest absolute Gasteiger partial charge is 0.312 e. The van der Waals surface area contributed by atoms with Gasteiger partial charge in [0.05, 0.1) is 12.0 Å². The fraction of sp³-hybridized carbons (Fsp3) is 0.973. The van der Waals surface area contributed by atoms with Crippen molar-refractivity contribution in [3.8, 4) is 0 Å². The van der Waals surface area contributed by atoms with Crippen molar-refractivity contribution in [2.24, 2.45) is 22.7 Å². The standard InChI is InChI=1S/C37H68O2/c1-3-5-7-9-11-12-13-19-27-36(30-25-34(26-31-36)33-23-17-15-18-24-33)37(28-20-16-21-29-37)35(38)39-32-22-14-10-8-6-4-2/h33-34H,3-32H2,1-2H3/t34-,36+. The van der Waals surface area contributed by atoms with Crippen LogP contribution in [0.2, 0.25) is 0 Å². The normalized spacial score (nSPS) is 25.9. The molecule has 0 aliphatic heterocycles. The summed E-state index contributed by atoms with van der Waals surface area (Å²) in [7, 11) is 0. The van der Waals surface area contributed by atoms with Crippen molar-refractivity contribution >= 4 is 5.97 Å². The molecule has 0 aromatic heterocycles. The summed E-state index contributed by atoms with van der Waals surface area (Å²) in [6.07, 6.45) is 38.5. The van der Waals surface area contributed by atoms with E-state index in [9.17, 15) is 4.79 Å². The van der Waals surface area contributed by atoms with Crippen LogP contribution in [0.1, 0.15) is 200 Å². The molecular formula is C37H68O2. The Bertz CT molecular complexity index is 619. The monoisotopic (exact) mass is 545 g/mol. The SMILES string of the molecule is CCCCCCCCCC[C@]1(C2(C(=O)OCCCCCCCC)CCCCC2)CC[C@@H](C2CCCCC2)CC1.